The van der Waals surface area contributed by atoms with Crippen LogP contribution < -0.4 is 16.0 Å². The Labute approximate surface area is 167 Å². The summed E-state index contributed by atoms with van der Waals surface area (Å²) in [6, 6.07) is 0. The van der Waals surface area contributed by atoms with E-state index in [1.54, 1.807) is 20.2 Å². The second-order valence-electron chi connectivity index (χ2n) is 6.33. The van der Waals surface area contributed by atoms with E-state index in [-0.39, 0.29) is 36.4 Å². The molecular weight excluding hydrogens is 437 g/mol. The second kappa shape index (κ2) is 13.7. The molecule has 8 nitrogen and oxygen atoms in total. The van der Waals surface area contributed by atoms with Crippen molar-refractivity contribution >= 4 is 41.9 Å². The van der Waals surface area contributed by atoms with Crippen molar-refractivity contribution in [2.24, 2.45) is 4.99 Å². The molecule has 25 heavy (non-hydrogen) atoms. The minimum absolute atomic E-state index is 0. The van der Waals surface area contributed by atoms with E-state index >= 15 is 0 Å². The number of halogens is 1. The lowest BCUT2D eigenvalue weighted by molar-refractivity contribution is -0.127. The minimum atomic E-state index is -0.504. The third kappa shape index (κ3) is 15.7. The molecule has 9 heteroatoms. The molecule has 0 aliphatic heterocycles. The summed E-state index contributed by atoms with van der Waals surface area (Å²) in [5, 5.41) is 8.81. The first-order valence-electron chi connectivity index (χ1n) is 7.96. The van der Waals surface area contributed by atoms with Crippen molar-refractivity contribution in [3.63, 3.8) is 0 Å². The maximum Gasteiger partial charge on any atom is 0.407 e. The van der Waals surface area contributed by atoms with Crippen LogP contribution in [0.15, 0.2) is 17.6 Å². The maximum atomic E-state index is 11.6. The van der Waals surface area contributed by atoms with Crippen molar-refractivity contribution < 1.29 is 14.3 Å². The summed E-state index contributed by atoms with van der Waals surface area (Å²) in [7, 11) is 3.37. The van der Waals surface area contributed by atoms with Crippen molar-refractivity contribution in [1.29, 1.82) is 0 Å². The van der Waals surface area contributed by atoms with E-state index in [1.807, 2.05) is 20.8 Å². The van der Waals surface area contributed by atoms with Gasteiger partial charge in [-0.15, -0.1) is 30.6 Å². The van der Waals surface area contributed by atoms with Gasteiger partial charge in [0.05, 0.1) is 0 Å². The Hall–Kier alpha value is -1.52. The Morgan fingerprint density at radius 1 is 1.16 bits per heavy atom. The van der Waals surface area contributed by atoms with Crippen molar-refractivity contribution in [3.8, 4) is 0 Å². The number of nitrogens with zero attached hydrogens (tertiary/aromatic N) is 2. The van der Waals surface area contributed by atoms with Gasteiger partial charge in [0.2, 0.25) is 5.91 Å². The van der Waals surface area contributed by atoms with E-state index < -0.39 is 11.7 Å². The molecule has 0 fully saturated rings. The average Bonchev–Trinajstić information content (AvgIpc) is 2.46. The Kier molecular flexibility index (Phi) is 14.1. The van der Waals surface area contributed by atoms with Crippen LogP contribution in [0, 0.1) is 0 Å². The van der Waals surface area contributed by atoms with Gasteiger partial charge in [0, 0.05) is 33.7 Å². The van der Waals surface area contributed by atoms with E-state index in [4.69, 9.17) is 4.74 Å². The molecule has 146 valence electrons. The fraction of sp³-hybridized carbons (Fsp3) is 0.688. The van der Waals surface area contributed by atoms with Gasteiger partial charge in [0.25, 0.3) is 0 Å². The highest BCUT2D eigenvalue weighted by molar-refractivity contribution is 14.0. The summed E-state index contributed by atoms with van der Waals surface area (Å²) in [5.41, 5.74) is -0.504. The van der Waals surface area contributed by atoms with Gasteiger partial charge in [-0.05, 0) is 27.2 Å². The van der Waals surface area contributed by atoms with Gasteiger partial charge in [-0.3, -0.25) is 4.79 Å². The first-order valence-corrected chi connectivity index (χ1v) is 7.96. The molecule has 0 saturated heterocycles. The monoisotopic (exact) mass is 469 g/mol. The average molecular weight is 469 g/mol. The predicted octanol–water partition coefficient (Wildman–Crippen LogP) is 1.33. The molecule has 0 rings (SSSR count). The molecule has 2 amide bonds. The van der Waals surface area contributed by atoms with Crippen molar-refractivity contribution in [3.05, 3.63) is 12.7 Å². The van der Waals surface area contributed by atoms with Crippen LogP contribution in [0.25, 0.3) is 0 Å². The summed E-state index contributed by atoms with van der Waals surface area (Å²) in [5.74, 6) is 0.448. The predicted molar refractivity (Wildman–Crippen MR) is 111 cm³/mol. The number of hydrogen-bond acceptors (Lipinski definition) is 4. The number of ether oxygens (including phenoxy) is 1. The lowest BCUT2D eigenvalue weighted by Gasteiger charge is -2.19. The highest BCUT2D eigenvalue weighted by Crippen LogP contribution is 2.06. The van der Waals surface area contributed by atoms with Crippen LogP contribution in [0.2, 0.25) is 0 Å². The topological polar surface area (TPSA) is 95.1 Å². The van der Waals surface area contributed by atoms with Crippen LogP contribution in [0.5, 0.6) is 0 Å². The maximum absolute atomic E-state index is 11.6. The molecule has 0 unspecified atom stereocenters. The van der Waals surface area contributed by atoms with E-state index in [0.717, 1.165) is 0 Å². The SMILES string of the molecule is C=CCNC(=NCC(=O)N(C)C)NCCCNC(=O)OC(C)(C)C.I. The largest absolute Gasteiger partial charge is 0.444 e. The fourth-order valence-electron chi connectivity index (χ4n) is 1.43. The fourth-order valence-corrected chi connectivity index (χ4v) is 1.43. The van der Waals surface area contributed by atoms with Crippen LogP contribution >= 0.6 is 24.0 Å². The number of guanidine groups is 1. The van der Waals surface area contributed by atoms with E-state index in [1.165, 1.54) is 4.90 Å². The Balaban J connectivity index is 0. The van der Waals surface area contributed by atoms with Crippen LogP contribution in [0.1, 0.15) is 27.2 Å². The van der Waals surface area contributed by atoms with Gasteiger partial charge in [0.1, 0.15) is 12.1 Å². The quantitative estimate of drug-likeness (QED) is 0.164. The van der Waals surface area contributed by atoms with E-state index in [2.05, 4.69) is 27.5 Å². The van der Waals surface area contributed by atoms with Gasteiger partial charge in [-0.1, -0.05) is 6.08 Å². The second-order valence-corrected chi connectivity index (χ2v) is 6.33. The summed E-state index contributed by atoms with van der Waals surface area (Å²) in [4.78, 5) is 28.8. The number of hydrogen-bond donors (Lipinski definition) is 3. The van der Waals surface area contributed by atoms with Crippen molar-refractivity contribution in [2.45, 2.75) is 32.8 Å². The molecule has 0 atom stereocenters. The number of carbonyl (C=O) groups excluding carboxylic acids is 2. The standard InChI is InChI=1S/C16H31N5O3.HI/c1-7-9-17-14(20-12-13(22)21(5)6)18-10-8-11-19-15(23)24-16(2,3)4;/h7H,1,8-12H2,2-6H3,(H,19,23)(H2,17,18,20);1H. The zero-order chi connectivity index (χ0) is 18.6. The van der Waals surface area contributed by atoms with Gasteiger partial charge < -0.3 is 25.6 Å². The number of amides is 2. The lowest BCUT2D eigenvalue weighted by atomic mass is 10.2. The van der Waals surface area contributed by atoms with E-state index in [0.29, 0.717) is 32.0 Å². The summed E-state index contributed by atoms with van der Waals surface area (Å²) in [6.07, 6.45) is 1.96. The molecule has 0 aliphatic carbocycles. The van der Waals surface area contributed by atoms with E-state index in [9.17, 15) is 9.59 Å². The minimum Gasteiger partial charge on any atom is -0.444 e. The third-order valence-corrected chi connectivity index (χ3v) is 2.60. The highest BCUT2D eigenvalue weighted by Gasteiger charge is 2.15. The van der Waals surface area contributed by atoms with Gasteiger partial charge in [-0.2, -0.15) is 0 Å². The number of alkyl carbamates (subject to hydrolysis) is 1. The smallest absolute Gasteiger partial charge is 0.407 e. The van der Waals surface area contributed by atoms with Crippen molar-refractivity contribution in [2.75, 3.05) is 40.3 Å². The van der Waals surface area contributed by atoms with Crippen LogP contribution in [-0.4, -0.2) is 68.7 Å². The van der Waals surface area contributed by atoms with Gasteiger partial charge >= 0.3 is 6.09 Å². The molecular formula is C16H32IN5O3. The first-order chi connectivity index (χ1) is 11.2. The molecule has 0 aromatic heterocycles. The molecule has 0 saturated carbocycles. The molecule has 0 heterocycles. The number of carbonyl (C=O) groups is 2. The Morgan fingerprint density at radius 3 is 2.28 bits per heavy atom. The number of rotatable bonds is 8. The van der Waals surface area contributed by atoms with Crippen LogP contribution in [0.3, 0.4) is 0 Å². The molecule has 0 aromatic rings. The molecule has 0 bridgehead atoms. The first kappa shape index (κ1) is 25.7. The number of aliphatic imine (C=N–C) groups is 1. The molecule has 0 radical (unpaired) electrons. The van der Waals surface area contributed by atoms with Crippen LogP contribution in [-0.2, 0) is 9.53 Å². The molecule has 0 spiro atoms. The van der Waals surface area contributed by atoms with Crippen LogP contribution in [0.4, 0.5) is 4.79 Å². The third-order valence-electron chi connectivity index (χ3n) is 2.60. The summed E-state index contributed by atoms with van der Waals surface area (Å²) in [6.45, 7) is 10.8. The Bertz CT molecular complexity index is 448. The molecule has 3 N–H and O–H groups in total. The Morgan fingerprint density at radius 2 is 1.76 bits per heavy atom. The molecule has 0 aliphatic rings. The van der Waals surface area contributed by atoms with Crippen molar-refractivity contribution in [1.82, 2.24) is 20.9 Å². The summed E-state index contributed by atoms with van der Waals surface area (Å²) < 4.78 is 5.15. The highest BCUT2D eigenvalue weighted by atomic mass is 127. The van der Waals surface area contributed by atoms with Gasteiger partial charge in [-0.25, -0.2) is 9.79 Å². The number of likely N-dealkylation sites (N-methyl/N-ethyl adjacent to an activating group) is 1. The summed E-state index contributed by atoms with van der Waals surface area (Å²) >= 11 is 0. The zero-order valence-corrected chi connectivity index (χ0v) is 18.2. The lowest BCUT2D eigenvalue weighted by Crippen LogP contribution is -2.40. The van der Waals surface area contributed by atoms with Gasteiger partial charge in [0.15, 0.2) is 5.96 Å². The normalized spacial score (nSPS) is 11.0. The molecule has 0 aromatic carbocycles. The zero-order valence-electron chi connectivity index (χ0n) is 15.8. The number of nitrogens with one attached hydrogen (secondary N) is 3.